The maximum atomic E-state index is 2.53. The molecule has 15 heavy (non-hydrogen) atoms. The van der Waals surface area contributed by atoms with Crippen LogP contribution < -0.4 is 0 Å². The van der Waals surface area contributed by atoms with Gasteiger partial charge in [-0.1, -0.05) is 38.1 Å². The molecule has 1 aromatic rings. The zero-order valence-electron chi connectivity index (χ0n) is 10.5. The van der Waals surface area contributed by atoms with Gasteiger partial charge in [-0.15, -0.1) is 0 Å². The Balaban J connectivity index is 0.000000531. The summed E-state index contributed by atoms with van der Waals surface area (Å²) in [6, 6.07) is 9.47. The maximum Gasteiger partial charge on any atom is 0.0239 e. The van der Waals surface area contributed by atoms with Crippen molar-refractivity contribution in [3.8, 4) is 0 Å². The first-order valence-electron chi connectivity index (χ1n) is 6.08. The van der Waals surface area contributed by atoms with Gasteiger partial charge in [0.2, 0.25) is 0 Å². The Bertz CT molecular complexity index is 291. The third-order valence-electron chi connectivity index (χ3n) is 2.89. The zero-order valence-corrected chi connectivity index (χ0v) is 10.5. The Morgan fingerprint density at radius 3 is 2.27 bits per heavy atom. The Morgan fingerprint density at radius 1 is 1.07 bits per heavy atom. The lowest BCUT2D eigenvalue weighted by atomic mass is 9.99. The van der Waals surface area contributed by atoms with E-state index in [1.807, 2.05) is 13.8 Å². The molecule has 1 nitrogen and oxygen atoms in total. The van der Waals surface area contributed by atoms with Gasteiger partial charge in [-0.25, -0.2) is 0 Å². The van der Waals surface area contributed by atoms with E-state index in [2.05, 4.69) is 43.0 Å². The molecule has 1 heteroatoms. The highest BCUT2D eigenvalue weighted by Gasteiger charge is 2.16. The van der Waals surface area contributed by atoms with Gasteiger partial charge in [0.15, 0.2) is 0 Å². The molecule has 2 rings (SSSR count). The minimum Gasteiger partial charge on any atom is -0.296 e. The molecular formula is C14H23N. The second kappa shape index (κ2) is 5.92. The highest BCUT2D eigenvalue weighted by atomic mass is 15.1. The molecule has 0 spiro atoms. The van der Waals surface area contributed by atoms with Gasteiger partial charge in [0, 0.05) is 19.1 Å². The average molecular weight is 205 g/mol. The van der Waals surface area contributed by atoms with E-state index in [1.165, 1.54) is 18.5 Å². The van der Waals surface area contributed by atoms with Gasteiger partial charge in [0.05, 0.1) is 0 Å². The van der Waals surface area contributed by atoms with Crippen LogP contribution in [0.5, 0.6) is 0 Å². The highest BCUT2D eigenvalue weighted by molar-refractivity contribution is 5.29. The standard InChI is InChI=1S/C12H17N.C2H6/c1-10(2)13-8-7-11-5-3-4-6-12(11)9-13;1-2/h3-6,10H,7-9H2,1-2H3;1-2H3. The second-order valence-electron chi connectivity index (χ2n) is 4.08. The maximum absolute atomic E-state index is 2.53. The fourth-order valence-electron chi connectivity index (χ4n) is 1.96. The summed E-state index contributed by atoms with van der Waals surface area (Å²) < 4.78 is 0. The summed E-state index contributed by atoms with van der Waals surface area (Å²) in [6.07, 6.45) is 1.22. The molecule has 0 aliphatic carbocycles. The summed E-state index contributed by atoms with van der Waals surface area (Å²) in [4.78, 5) is 2.53. The van der Waals surface area contributed by atoms with Gasteiger partial charge in [-0.2, -0.15) is 0 Å². The number of hydrogen-bond acceptors (Lipinski definition) is 1. The van der Waals surface area contributed by atoms with E-state index < -0.39 is 0 Å². The first-order valence-corrected chi connectivity index (χ1v) is 6.08. The van der Waals surface area contributed by atoms with Crippen molar-refractivity contribution in [2.45, 2.75) is 46.7 Å². The number of rotatable bonds is 1. The largest absolute Gasteiger partial charge is 0.296 e. The molecule has 0 unspecified atom stereocenters. The lowest BCUT2D eigenvalue weighted by Crippen LogP contribution is -2.35. The minimum atomic E-state index is 0.674. The quantitative estimate of drug-likeness (QED) is 0.678. The van der Waals surface area contributed by atoms with Crippen LogP contribution in [0.3, 0.4) is 0 Å². The fourth-order valence-corrected chi connectivity index (χ4v) is 1.96. The van der Waals surface area contributed by atoms with E-state index in [4.69, 9.17) is 0 Å². The number of benzene rings is 1. The monoisotopic (exact) mass is 205 g/mol. The molecule has 0 fully saturated rings. The smallest absolute Gasteiger partial charge is 0.0239 e. The topological polar surface area (TPSA) is 3.24 Å². The van der Waals surface area contributed by atoms with E-state index in [0.717, 1.165) is 6.54 Å². The molecule has 1 heterocycles. The molecule has 84 valence electrons. The van der Waals surface area contributed by atoms with Crippen LogP contribution in [0.4, 0.5) is 0 Å². The predicted molar refractivity (Wildman–Crippen MR) is 67.0 cm³/mol. The van der Waals surface area contributed by atoms with Crippen LogP contribution in [0.25, 0.3) is 0 Å². The molecule has 0 atom stereocenters. The zero-order chi connectivity index (χ0) is 11.3. The third kappa shape index (κ3) is 3.07. The predicted octanol–water partition coefficient (Wildman–Crippen LogP) is 3.48. The van der Waals surface area contributed by atoms with Crippen molar-refractivity contribution in [2.24, 2.45) is 0 Å². The number of hydrogen-bond donors (Lipinski definition) is 0. The van der Waals surface area contributed by atoms with Gasteiger partial charge in [-0.05, 0) is 31.4 Å². The molecule has 0 amide bonds. The summed E-state index contributed by atoms with van der Waals surface area (Å²) in [5.74, 6) is 0. The van der Waals surface area contributed by atoms with Crippen molar-refractivity contribution in [3.05, 3.63) is 35.4 Å². The van der Waals surface area contributed by atoms with Gasteiger partial charge in [0.25, 0.3) is 0 Å². The number of nitrogens with zero attached hydrogens (tertiary/aromatic N) is 1. The molecule has 0 saturated heterocycles. The molecule has 1 aliphatic rings. The minimum absolute atomic E-state index is 0.674. The Kier molecular flexibility index (Phi) is 4.83. The lowest BCUT2D eigenvalue weighted by molar-refractivity contribution is 0.203. The molecule has 0 saturated carbocycles. The van der Waals surface area contributed by atoms with Gasteiger partial charge >= 0.3 is 0 Å². The third-order valence-corrected chi connectivity index (χ3v) is 2.89. The van der Waals surface area contributed by atoms with Crippen LogP contribution in [0.2, 0.25) is 0 Å². The summed E-state index contributed by atoms with van der Waals surface area (Å²) in [5.41, 5.74) is 3.06. The van der Waals surface area contributed by atoms with E-state index in [1.54, 1.807) is 5.56 Å². The first kappa shape index (κ1) is 12.3. The van der Waals surface area contributed by atoms with Crippen LogP contribution in [0.1, 0.15) is 38.8 Å². The van der Waals surface area contributed by atoms with E-state index in [9.17, 15) is 0 Å². The van der Waals surface area contributed by atoms with Crippen molar-refractivity contribution in [3.63, 3.8) is 0 Å². The SMILES string of the molecule is CC.CC(C)N1CCc2ccccc2C1. The highest BCUT2D eigenvalue weighted by Crippen LogP contribution is 2.19. The van der Waals surface area contributed by atoms with E-state index in [-0.39, 0.29) is 0 Å². The molecule has 0 bridgehead atoms. The molecule has 0 radical (unpaired) electrons. The van der Waals surface area contributed by atoms with E-state index >= 15 is 0 Å². The summed E-state index contributed by atoms with van der Waals surface area (Å²) in [7, 11) is 0. The van der Waals surface area contributed by atoms with Crippen LogP contribution in [-0.4, -0.2) is 17.5 Å². The summed E-state index contributed by atoms with van der Waals surface area (Å²) >= 11 is 0. The Labute approximate surface area is 94.1 Å². The van der Waals surface area contributed by atoms with Crippen molar-refractivity contribution in [1.29, 1.82) is 0 Å². The van der Waals surface area contributed by atoms with Crippen LogP contribution in [-0.2, 0) is 13.0 Å². The number of fused-ring (bicyclic) bond motifs is 1. The average Bonchev–Trinajstić information content (AvgIpc) is 2.31. The van der Waals surface area contributed by atoms with Crippen molar-refractivity contribution < 1.29 is 0 Å². The molecule has 1 aromatic carbocycles. The first-order chi connectivity index (χ1) is 7.27. The second-order valence-corrected chi connectivity index (χ2v) is 4.08. The van der Waals surface area contributed by atoms with Crippen LogP contribution in [0, 0.1) is 0 Å². The van der Waals surface area contributed by atoms with Crippen molar-refractivity contribution >= 4 is 0 Å². The lowest BCUT2D eigenvalue weighted by Gasteiger charge is -2.31. The summed E-state index contributed by atoms with van der Waals surface area (Å²) in [6.45, 7) is 10.9. The van der Waals surface area contributed by atoms with Crippen LogP contribution in [0.15, 0.2) is 24.3 Å². The van der Waals surface area contributed by atoms with Crippen LogP contribution >= 0.6 is 0 Å². The van der Waals surface area contributed by atoms with Crippen molar-refractivity contribution in [1.82, 2.24) is 4.90 Å². The van der Waals surface area contributed by atoms with Gasteiger partial charge in [0.1, 0.15) is 0 Å². The molecule has 0 N–H and O–H groups in total. The van der Waals surface area contributed by atoms with Gasteiger partial charge in [-0.3, -0.25) is 4.90 Å². The van der Waals surface area contributed by atoms with E-state index in [0.29, 0.717) is 6.04 Å². The van der Waals surface area contributed by atoms with Gasteiger partial charge < -0.3 is 0 Å². The fraction of sp³-hybridized carbons (Fsp3) is 0.571. The molecule has 1 aliphatic heterocycles. The molecule has 0 aromatic heterocycles. The molecular weight excluding hydrogens is 182 g/mol. The Morgan fingerprint density at radius 2 is 1.67 bits per heavy atom. The Hall–Kier alpha value is -0.820. The normalized spacial score (nSPS) is 15.5. The summed E-state index contributed by atoms with van der Waals surface area (Å²) in [5, 5.41) is 0. The van der Waals surface area contributed by atoms with Crippen molar-refractivity contribution in [2.75, 3.05) is 6.54 Å².